The molecule has 4 rings (SSSR count). The number of aliphatic carboxylic acids is 1. The van der Waals surface area contributed by atoms with Crippen LogP contribution in [-0.4, -0.2) is 57.0 Å². The van der Waals surface area contributed by atoms with Crippen molar-refractivity contribution in [3.63, 3.8) is 0 Å². The summed E-state index contributed by atoms with van der Waals surface area (Å²) in [6, 6.07) is 0. The molecule has 1 aromatic rings. The normalized spacial score (nSPS) is 24.5. The Kier molecular flexibility index (Phi) is 8.20. The number of carboxylic acid groups (broad SMARTS) is 1. The standard InChI is InChI=1S/C26H34Cl2N4O4/c1-16(31-26-8-5-25(6-9-26,7-10-26)23(35)36)17(11-29)22(34)32(15-24(2,3)4)14-20(33)21-18(27)12-30-13-19(21)28/h11-13H,5-10,14-15,29H2,1-4H3,(H,35,36). The predicted molar refractivity (Wildman–Crippen MR) is 141 cm³/mol. The van der Waals surface area contributed by atoms with Crippen LogP contribution in [0.25, 0.3) is 0 Å². The van der Waals surface area contributed by atoms with Gasteiger partial charge in [0, 0.05) is 30.9 Å². The summed E-state index contributed by atoms with van der Waals surface area (Å²) in [4.78, 5) is 48.9. The Bertz CT molecular complexity index is 1080. The minimum atomic E-state index is -0.730. The molecule has 8 nitrogen and oxygen atoms in total. The highest BCUT2D eigenvalue weighted by molar-refractivity contribution is 6.39. The van der Waals surface area contributed by atoms with E-state index in [0.29, 0.717) is 44.2 Å². The van der Waals surface area contributed by atoms with Crippen molar-refractivity contribution in [1.82, 2.24) is 9.88 Å². The van der Waals surface area contributed by atoms with Gasteiger partial charge in [-0.2, -0.15) is 0 Å². The predicted octanol–water partition coefficient (Wildman–Crippen LogP) is 4.93. The number of Topliss-reactive ketones (excluding diaryl/α,β-unsaturated/α-hetero) is 1. The van der Waals surface area contributed by atoms with Gasteiger partial charge in [0.05, 0.1) is 38.7 Å². The van der Waals surface area contributed by atoms with E-state index in [0.717, 1.165) is 0 Å². The Labute approximate surface area is 221 Å². The number of carbonyl (C=O) groups excluding carboxylic acids is 2. The second kappa shape index (κ2) is 10.5. The quantitative estimate of drug-likeness (QED) is 0.275. The van der Waals surface area contributed by atoms with E-state index in [2.05, 4.69) is 4.98 Å². The number of nitrogens with two attached hydrogens (primary N) is 1. The summed E-state index contributed by atoms with van der Waals surface area (Å²) in [5.41, 5.74) is 5.40. The van der Waals surface area contributed by atoms with Crippen molar-refractivity contribution in [2.24, 2.45) is 21.6 Å². The number of amides is 1. The Morgan fingerprint density at radius 1 is 1.11 bits per heavy atom. The minimum Gasteiger partial charge on any atom is -0.481 e. The molecule has 3 N–H and O–H groups in total. The molecule has 0 aromatic carbocycles. The van der Waals surface area contributed by atoms with Crippen LogP contribution in [0.3, 0.4) is 0 Å². The maximum Gasteiger partial charge on any atom is 0.309 e. The van der Waals surface area contributed by atoms with Crippen LogP contribution in [0.15, 0.2) is 29.2 Å². The number of rotatable bonds is 8. The third-order valence-corrected chi connectivity index (χ3v) is 7.84. The van der Waals surface area contributed by atoms with E-state index in [4.69, 9.17) is 33.9 Å². The van der Waals surface area contributed by atoms with E-state index in [-0.39, 0.29) is 39.7 Å². The molecule has 2 bridgehead atoms. The van der Waals surface area contributed by atoms with Gasteiger partial charge in [-0.25, -0.2) is 0 Å². The maximum absolute atomic E-state index is 13.7. The highest BCUT2D eigenvalue weighted by Gasteiger charge is 2.52. The number of fused-ring (bicyclic) bond motifs is 3. The molecule has 0 spiro atoms. The largest absolute Gasteiger partial charge is 0.481 e. The first-order valence-electron chi connectivity index (χ1n) is 12.1. The Morgan fingerprint density at radius 2 is 1.64 bits per heavy atom. The summed E-state index contributed by atoms with van der Waals surface area (Å²) in [5, 5.41) is 9.90. The summed E-state index contributed by atoms with van der Waals surface area (Å²) in [6.07, 6.45) is 7.62. The monoisotopic (exact) mass is 536 g/mol. The van der Waals surface area contributed by atoms with Gasteiger partial charge in [-0.05, 0) is 50.9 Å². The lowest BCUT2D eigenvalue weighted by molar-refractivity contribution is -0.155. The van der Waals surface area contributed by atoms with Crippen LogP contribution in [-0.2, 0) is 9.59 Å². The first kappa shape index (κ1) is 28.1. The summed E-state index contributed by atoms with van der Waals surface area (Å²) in [6.45, 7) is 7.69. The molecular formula is C26H34Cl2N4O4. The van der Waals surface area contributed by atoms with Gasteiger partial charge in [0.15, 0.2) is 5.78 Å². The van der Waals surface area contributed by atoms with E-state index >= 15 is 0 Å². The van der Waals surface area contributed by atoms with E-state index in [1.165, 1.54) is 23.5 Å². The highest BCUT2D eigenvalue weighted by Crippen LogP contribution is 2.54. The lowest BCUT2D eigenvalue weighted by Crippen LogP contribution is -2.49. The van der Waals surface area contributed by atoms with Gasteiger partial charge in [-0.15, -0.1) is 0 Å². The number of hydrogen-bond acceptors (Lipinski definition) is 6. The first-order valence-corrected chi connectivity index (χ1v) is 12.8. The van der Waals surface area contributed by atoms with Crippen LogP contribution in [0.2, 0.25) is 10.0 Å². The van der Waals surface area contributed by atoms with Crippen molar-refractivity contribution in [2.75, 3.05) is 13.1 Å². The molecule has 1 amide bonds. The number of nitrogens with zero attached hydrogens (tertiary/aromatic N) is 3. The molecule has 3 aliphatic carbocycles. The second-order valence-electron chi connectivity index (χ2n) is 11.2. The van der Waals surface area contributed by atoms with Gasteiger partial charge in [-0.1, -0.05) is 44.0 Å². The van der Waals surface area contributed by atoms with Gasteiger partial charge in [0.1, 0.15) is 0 Å². The van der Waals surface area contributed by atoms with Crippen molar-refractivity contribution >= 4 is 46.6 Å². The Hall–Kier alpha value is -2.45. The molecule has 1 heterocycles. The molecule has 0 aliphatic heterocycles. The molecule has 0 atom stereocenters. The zero-order valence-electron chi connectivity index (χ0n) is 21.2. The Morgan fingerprint density at radius 3 is 2.08 bits per heavy atom. The molecule has 3 saturated carbocycles. The molecule has 36 heavy (non-hydrogen) atoms. The number of halogens is 2. The number of ketones is 1. The SMILES string of the molecule is CC(=NC12CCC(C(=O)O)(CC1)CC2)C(=CN)C(=O)N(CC(=O)c1c(Cl)cncc1Cl)CC(C)(C)C. The molecule has 3 aliphatic rings. The van der Waals surface area contributed by atoms with Gasteiger partial charge in [-0.3, -0.25) is 24.4 Å². The van der Waals surface area contributed by atoms with Gasteiger partial charge >= 0.3 is 5.97 Å². The molecule has 0 radical (unpaired) electrons. The third kappa shape index (κ3) is 5.92. The zero-order valence-corrected chi connectivity index (χ0v) is 22.7. The average molecular weight is 537 g/mol. The number of aliphatic imine (C=N–C) groups is 1. The van der Waals surface area contributed by atoms with Crippen LogP contribution in [0.5, 0.6) is 0 Å². The zero-order chi connectivity index (χ0) is 26.9. The van der Waals surface area contributed by atoms with Gasteiger partial charge in [0.25, 0.3) is 5.91 Å². The first-order chi connectivity index (χ1) is 16.7. The van der Waals surface area contributed by atoms with E-state index < -0.39 is 28.6 Å². The number of pyridine rings is 1. The molecule has 196 valence electrons. The Balaban J connectivity index is 1.86. The molecule has 10 heteroatoms. The van der Waals surface area contributed by atoms with Crippen LogP contribution in [0.1, 0.15) is 76.6 Å². The van der Waals surface area contributed by atoms with Crippen LogP contribution < -0.4 is 5.73 Å². The molecule has 0 saturated heterocycles. The van der Waals surface area contributed by atoms with Crippen molar-refractivity contribution in [3.05, 3.63) is 39.8 Å². The lowest BCUT2D eigenvalue weighted by Gasteiger charge is -2.49. The minimum absolute atomic E-state index is 0.119. The van der Waals surface area contributed by atoms with Gasteiger partial charge < -0.3 is 15.7 Å². The number of carboxylic acids is 1. The summed E-state index contributed by atoms with van der Waals surface area (Å²) < 4.78 is 0. The fourth-order valence-electron chi connectivity index (χ4n) is 5.29. The van der Waals surface area contributed by atoms with Crippen molar-refractivity contribution < 1.29 is 19.5 Å². The number of carbonyl (C=O) groups is 3. The van der Waals surface area contributed by atoms with Crippen LogP contribution in [0, 0.1) is 10.8 Å². The lowest BCUT2D eigenvalue weighted by atomic mass is 9.57. The van der Waals surface area contributed by atoms with Crippen molar-refractivity contribution in [1.29, 1.82) is 0 Å². The third-order valence-electron chi connectivity index (χ3n) is 7.27. The van der Waals surface area contributed by atoms with E-state index in [9.17, 15) is 19.5 Å². The number of hydrogen-bond donors (Lipinski definition) is 2. The van der Waals surface area contributed by atoms with E-state index in [1.807, 2.05) is 20.8 Å². The average Bonchev–Trinajstić information content (AvgIpc) is 2.79. The summed E-state index contributed by atoms with van der Waals surface area (Å²) in [5.74, 6) is -1.54. The van der Waals surface area contributed by atoms with E-state index in [1.54, 1.807) is 6.92 Å². The van der Waals surface area contributed by atoms with Crippen molar-refractivity contribution in [3.8, 4) is 0 Å². The molecule has 0 unspecified atom stereocenters. The van der Waals surface area contributed by atoms with Gasteiger partial charge in [0.2, 0.25) is 0 Å². The summed E-state index contributed by atoms with van der Waals surface area (Å²) >= 11 is 12.4. The highest BCUT2D eigenvalue weighted by atomic mass is 35.5. The molecular weight excluding hydrogens is 503 g/mol. The second-order valence-corrected chi connectivity index (χ2v) is 12.0. The number of aromatic nitrogens is 1. The fraction of sp³-hybridized carbons (Fsp3) is 0.577. The topological polar surface area (TPSA) is 126 Å². The van der Waals surface area contributed by atoms with Crippen molar-refractivity contribution in [2.45, 2.75) is 71.8 Å². The maximum atomic E-state index is 13.7. The molecule has 1 aromatic heterocycles. The fourth-order valence-corrected chi connectivity index (χ4v) is 5.86. The smallest absolute Gasteiger partial charge is 0.309 e. The van der Waals surface area contributed by atoms with Crippen LogP contribution >= 0.6 is 23.2 Å². The van der Waals surface area contributed by atoms with Crippen LogP contribution in [0.4, 0.5) is 0 Å². The summed E-state index contributed by atoms with van der Waals surface area (Å²) in [7, 11) is 0. The molecule has 3 fully saturated rings.